The van der Waals surface area contributed by atoms with Crippen LogP contribution in [0.1, 0.15) is 52.9 Å². The van der Waals surface area contributed by atoms with Crippen molar-refractivity contribution in [3.63, 3.8) is 0 Å². The average molecular weight is 366 g/mol. The average Bonchev–Trinajstić information content (AvgIpc) is 2.67. The van der Waals surface area contributed by atoms with Crippen LogP contribution in [0.4, 0.5) is 0 Å². The van der Waals surface area contributed by atoms with E-state index < -0.39 is 8.24 Å². The Labute approximate surface area is 159 Å². The van der Waals surface area contributed by atoms with E-state index in [1.54, 1.807) is 0 Å². The van der Waals surface area contributed by atoms with Gasteiger partial charge in [-0.1, -0.05) is 101 Å². The van der Waals surface area contributed by atoms with Crippen LogP contribution < -0.4 is 10.4 Å². The molecule has 0 saturated heterocycles. The minimum absolute atomic E-state index is 0.0198. The molecule has 0 bridgehead atoms. The molecular weight excluding hydrogens is 334 g/mol. The third-order valence-electron chi connectivity index (χ3n) is 5.94. The number of nitrogens with zero attached hydrogens (tertiary/aromatic N) is 1. The van der Waals surface area contributed by atoms with E-state index in [1.165, 1.54) is 36.0 Å². The Bertz CT molecular complexity index is 662. The fraction of sp³-hybridized carbons (Fsp3) is 0.435. The van der Waals surface area contributed by atoms with Gasteiger partial charge in [-0.15, -0.1) is 0 Å². The highest BCUT2D eigenvalue weighted by Gasteiger charge is 2.54. The first-order valence-corrected chi connectivity index (χ1v) is 11.8. The van der Waals surface area contributed by atoms with Gasteiger partial charge in [-0.2, -0.15) is 0 Å². The molecule has 0 aliphatic heterocycles. The lowest BCUT2D eigenvalue weighted by atomic mass is 9.96. The Morgan fingerprint density at radius 1 is 0.846 bits per heavy atom. The van der Waals surface area contributed by atoms with Crippen molar-refractivity contribution in [3.05, 3.63) is 60.7 Å². The molecule has 3 rings (SSSR count). The maximum atomic E-state index is 12.6. The number of hydrogen-bond acceptors (Lipinski definition) is 1. The highest BCUT2D eigenvalue weighted by atomic mass is 28.3. The number of hydrogen-bond donors (Lipinski definition) is 0. The van der Waals surface area contributed by atoms with Crippen molar-refractivity contribution in [2.75, 3.05) is 0 Å². The normalized spacial score (nSPS) is 16.3. The minimum atomic E-state index is -2.50. The van der Waals surface area contributed by atoms with Crippen LogP contribution in [0.2, 0.25) is 5.04 Å². The molecule has 2 aromatic rings. The zero-order valence-electron chi connectivity index (χ0n) is 16.3. The van der Waals surface area contributed by atoms with Gasteiger partial charge in [-0.05, 0) is 28.3 Å². The summed E-state index contributed by atoms with van der Waals surface area (Å²) in [7, 11) is -2.50. The molecule has 0 unspecified atom stereocenters. The van der Waals surface area contributed by atoms with Crippen LogP contribution in [-0.2, 0) is 4.79 Å². The molecule has 1 amide bonds. The summed E-state index contributed by atoms with van der Waals surface area (Å²) in [6, 6.07) is 21.9. The van der Waals surface area contributed by atoms with Crippen molar-refractivity contribution >= 4 is 25.0 Å². The summed E-state index contributed by atoms with van der Waals surface area (Å²) in [5.74, 6) is 0. The van der Waals surface area contributed by atoms with Crippen LogP contribution in [0, 0.1) is 0 Å². The van der Waals surface area contributed by atoms with E-state index in [-0.39, 0.29) is 5.04 Å². The van der Waals surface area contributed by atoms with Crippen molar-refractivity contribution in [2.24, 2.45) is 0 Å². The van der Waals surface area contributed by atoms with Crippen molar-refractivity contribution in [3.8, 4) is 0 Å². The Morgan fingerprint density at radius 3 is 1.69 bits per heavy atom. The summed E-state index contributed by atoms with van der Waals surface area (Å²) >= 11 is 0. The summed E-state index contributed by atoms with van der Waals surface area (Å²) < 4.78 is 2.29. The first-order valence-electron chi connectivity index (χ1n) is 9.86. The molecule has 0 atom stereocenters. The lowest BCUT2D eigenvalue weighted by Crippen LogP contribution is -2.76. The monoisotopic (exact) mass is 365 g/mol. The Balaban J connectivity index is 2.27. The van der Waals surface area contributed by atoms with Crippen molar-refractivity contribution in [2.45, 2.75) is 64.0 Å². The van der Waals surface area contributed by atoms with Gasteiger partial charge in [-0.25, -0.2) is 0 Å². The maximum Gasteiger partial charge on any atom is 0.228 e. The zero-order valence-corrected chi connectivity index (χ0v) is 17.3. The lowest BCUT2D eigenvalue weighted by molar-refractivity contribution is -0.116. The van der Waals surface area contributed by atoms with E-state index in [0.717, 1.165) is 12.8 Å². The fourth-order valence-corrected chi connectivity index (χ4v) is 10.6. The molecule has 0 N–H and O–H groups in total. The molecular formula is C23H31NOSi. The molecule has 0 aromatic heterocycles. The van der Waals surface area contributed by atoms with E-state index in [4.69, 9.17) is 0 Å². The first kappa shape index (κ1) is 18.9. The smallest absolute Gasteiger partial charge is 0.228 e. The number of carbonyl (C=O) groups is 1. The van der Waals surface area contributed by atoms with Crippen LogP contribution in [0.25, 0.3) is 0 Å². The molecule has 138 valence electrons. The predicted octanol–water partition coefficient (Wildman–Crippen LogP) is 4.34. The van der Waals surface area contributed by atoms with Crippen LogP contribution >= 0.6 is 0 Å². The van der Waals surface area contributed by atoms with Crippen molar-refractivity contribution in [1.29, 1.82) is 0 Å². The van der Waals surface area contributed by atoms with Crippen LogP contribution in [0.15, 0.2) is 60.7 Å². The molecule has 1 aliphatic carbocycles. The number of rotatable bonds is 5. The second-order valence-electron chi connectivity index (χ2n) is 8.50. The van der Waals surface area contributed by atoms with Gasteiger partial charge >= 0.3 is 0 Å². The molecule has 1 aliphatic rings. The van der Waals surface area contributed by atoms with Gasteiger partial charge in [0.15, 0.2) is 0 Å². The zero-order chi connectivity index (χ0) is 18.6. The summed E-state index contributed by atoms with van der Waals surface area (Å²) in [6.07, 6.45) is 7.18. The summed E-state index contributed by atoms with van der Waals surface area (Å²) in [4.78, 5) is 12.6. The number of carbonyl (C=O) groups excluding carboxylic acids is 1. The number of amides is 1. The van der Waals surface area contributed by atoms with Crippen molar-refractivity contribution in [1.82, 2.24) is 4.57 Å². The molecule has 2 nitrogen and oxygen atoms in total. The maximum absolute atomic E-state index is 12.6. The van der Waals surface area contributed by atoms with Gasteiger partial charge in [0.2, 0.25) is 14.6 Å². The quantitative estimate of drug-likeness (QED) is 0.570. The SMILES string of the molecule is CC(C)(C)[Si](c1ccccc1)(c1ccccc1)N(C=O)C1CCCCC1. The summed E-state index contributed by atoms with van der Waals surface area (Å²) in [6.45, 7) is 6.95. The van der Waals surface area contributed by atoms with E-state index in [2.05, 4.69) is 86.0 Å². The number of benzene rings is 2. The van der Waals surface area contributed by atoms with Gasteiger partial charge < -0.3 is 4.57 Å². The minimum Gasteiger partial charge on any atom is -0.360 e. The van der Waals surface area contributed by atoms with Crippen LogP contribution in [0.5, 0.6) is 0 Å². The summed E-state index contributed by atoms with van der Waals surface area (Å²) in [5.41, 5.74) is 0. The third-order valence-corrected chi connectivity index (χ3v) is 11.7. The topological polar surface area (TPSA) is 20.3 Å². The van der Waals surface area contributed by atoms with Crippen LogP contribution in [-0.4, -0.2) is 25.3 Å². The third kappa shape index (κ3) is 3.25. The molecule has 0 radical (unpaired) electrons. The first-order chi connectivity index (χ1) is 12.5. The molecule has 1 saturated carbocycles. The lowest BCUT2D eigenvalue weighted by Gasteiger charge is -2.53. The van der Waals surface area contributed by atoms with E-state index in [1.807, 2.05) is 0 Å². The molecule has 26 heavy (non-hydrogen) atoms. The Kier molecular flexibility index (Phi) is 5.66. The largest absolute Gasteiger partial charge is 0.360 e. The Morgan fingerprint density at radius 2 is 1.31 bits per heavy atom. The van der Waals surface area contributed by atoms with E-state index in [9.17, 15) is 4.79 Å². The fourth-order valence-electron chi connectivity index (χ4n) is 4.88. The molecule has 0 spiro atoms. The standard InChI is InChI=1S/C23H31NOSi/c1-23(2,3)26(21-15-9-5-10-16-21,22-17-11-6-12-18-22)24(19-25)20-13-7-4-8-14-20/h5-6,9-12,15-20H,4,7-8,13-14H2,1-3H3. The van der Waals surface area contributed by atoms with Gasteiger partial charge in [0.1, 0.15) is 0 Å². The molecule has 0 heterocycles. The second-order valence-corrected chi connectivity index (χ2v) is 13.1. The predicted molar refractivity (Wildman–Crippen MR) is 112 cm³/mol. The van der Waals surface area contributed by atoms with Gasteiger partial charge in [-0.3, -0.25) is 4.79 Å². The van der Waals surface area contributed by atoms with E-state index in [0.29, 0.717) is 6.04 Å². The second kappa shape index (κ2) is 7.79. The van der Waals surface area contributed by atoms with Gasteiger partial charge in [0.05, 0.1) is 0 Å². The molecule has 1 fully saturated rings. The van der Waals surface area contributed by atoms with Gasteiger partial charge in [0.25, 0.3) is 0 Å². The Hall–Kier alpha value is -1.87. The van der Waals surface area contributed by atoms with Gasteiger partial charge in [0, 0.05) is 6.04 Å². The summed E-state index contributed by atoms with van der Waals surface area (Å²) in [5, 5.41) is 2.64. The highest BCUT2D eigenvalue weighted by Crippen LogP contribution is 2.40. The van der Waals surface area contributed by atoms with Crippen molar-refractivity contribution < 1.29 is 4.79 Å². The molecule has 3 heteroatoms. The highest BCUT2D eigenvalue weighted by molar-refractivity contribution is 7.03. The van der Waals surface area contributed by atoms with Crippen LogP contribution in [0.3, 0.4) is 0 Å². The van der Waals surface area contributed by atoms with E-state index >= 15 is 0 Å². The molecule has 2 aromatic carbocycles.